The summed E-state index contributed by atoms with van der Waals surface area (Å²) in [4.78, 5) is 13.8. The molecule has 0 bridgehead atoms. The second-order valence-electron chi connectivity index (χ2n) is 5.18. The first-order valence-corrected chi connectivity index (χ1v) is 6.35. The predicted octanol–water partition coefficient (Wildman–Crippen LogP) is 0.358. The molecule has 0 spiro atoms. The average molecular weight is 226 g/mol. The highest BCUT2D eigenvalue weighted by Gasteiger charge is 2.27. The molecule has 1 saturated carbocycles. The number of carbonyl (C=O) groups excluding carboxylic acids is 1. The molecule has 2 unspecified atom stereocenters. The molecular weight excluding hydrogens is 204 g/mol. The van der Waals surface area contributed by atoms with E-state index < -0.39 is 0 Å². The number of amides is 1. The van der Waals surface area contributed by atoms with Gasteiger partial charge in [-0.2, -0.15) is 0 Å². The second kappa shape index (κ2) is 5.15. The van der Waals surface area contributed by atoms with E-state index in [2.05, 4.69) is 10.2 Å². The van der Waals surface area contributed by atoms with E-state index in [0.717, 1.165) is 38.9 Å². The summed E-state index contributed by atoms with van der Waals surface area (Å²) in [5, 5.41) is 12.5. The van der Waals surface area contributed by atoms with Crippen LogP contribution in [0.2, 0.25) is 0 Å². The van der Waals surface area contributed by atoms with Gasteiger partial charge < -0.3 is 15.3 Å². The SMILES string of the molecule is CC(O)C1CCN(CCC(=O)NC2CC2)C1. The normalized spacial score (nSPS) is 28.0. The van der Waals surface area contributed by atoms with Crippen LogP contribution >= 0.6 is 0 Å². The predicted molar refractivity (Wildman–Crippen MR) is 62.0 cm³/mol. The summed E-state index contributed by atoms with van der Waals surface area (Å²) in [5.41, 5.74) is 0. The summed E-state index contributed by atoms with van der Waals surface area (Å²) < 4.78 is 0. The van der Waals surface area contributed by atoms with Gasteiger partial charge >= 0.3 is 0 Å². The molecule has 4 nitrogen and oxygen atoms in total. The van der Waals surface area contributed by atoms with Gasteiger partial charge in [-0.05, 0) is 38.6 Å². The fourth-order valence-corrected chi connectivity index (χ4v) is 2.25. The molecule has 4 heteroatoms. The maximum absolute atomic E-state index is 11.5. The number of aliphatic hydroxyl groups excluding tert-OH is 1. The lowest BCUT2D eigenvalue weighted by Gasteiger charge is -2.16. The Bertz CT molecular complexity index is 251. The van der Waals surface area contributed by atoms with Gasteiger partial charge in [0.25, 0.3) is 0 Å². The van der Waals surface area contributed by atoms with Crippen LogP contribution in [0.5, 0.6) is 0 Å². The maximum Gasteiger partial charge on any atom is 0.221 e. The van der Waals surface area contributed by atoms with Crippen LogP contribution in [0.15, 0.2) is 0 Å². The van der Waals surface area contributed by atoms with Gasteiger partial charge in [0.05, 0.1) is 6.10 Å². The zero-order valence-corrected chi connectivity index (χ0v) is 9.98. The van der Waals surface area contributed by atoms with E-state index >= 15 is 0 Å². The molecule has 92 valence electrons. The molecule has 1 amide bonds. The van der Waals surface area contributed by atoms with E-state index in [9.17, 15) is 9.90 Å². The van der Waals surface area contributed by atoms with E-state index in [4.69, 9.17) is 0 Å². The monoisotopic (exact) mass is 226 g/mol. The lowest BCUT2D eigenvalue weighted by Crippen LogP contribution is -2.31. The maximum atomic E-state index is 11.5. The highest BCUT2D eigenvalue weighted by Crippen LogP contribution is 2.20. The molecule has 0 aromatic carbocycles. The van der Waals surface area contributed by atoms with Gasteiger partial charge in [0.1, 0.15) is 0 Å². The largest absolute Gasteiger partial charge is 0.393 e. The molecule has 0 radical (unpaired) electrons. The van der Waals surface area contributed by atoms with Gasteiger partial charge in [0.15, 0.2) is 0 Å². The first-order chi connectivity index (χ1) is 7.65. The number of rotatable bonds is 5. The van der Waals surface area contributed by atoms with Crippen LogP contribution in [0.4, 0.5) is 0 Å². The van der Waals surface area contributed by atoms with Crippen LogP contribution in [-0.2, 0) is 4.79 Å². The first-order valence-electron chi connectivity index (χ1n) is 6.35. The molecule has 0 aromatic rings. The van der Waals surface area contributed by atoms with Crippen molar-refractivity contribution in [3.63, 3.8) is 0 Å². The minimum Gasteiger partial charge on any atom is -0.393 e. The minimum atomic E-state index is -0.217. The zero-order chi connectivity index (χ0) is 11.5. The van der Waals surface area contributed by atoms with Crippen LogP contribution in [0.1, 0.15) is 32.6 Å². The molecule has 2 rings (SSSR count). The smallest absolute Gasteiger partial charge is 0.221 e. The van der Waals surface area contributed by atoms with Gasteiger partial charge in [-0.1, -0.05) is 0 Å². The number of aliphatic hydroxyl groups is 1. The molecule has 2 atom stereocenters. The Balaban J connectivity index is 1.61. The minimum absolute atomic E-state index is 0.183. The number of nitrogens with one attached hydrogen (secondary N) is 1. The van der Waals surface area contributed by atoms with Crippen molar-refractivity contribution in [2.24, 2.45) is 5.92 Å². The van der Waals surface area contributed by atoms with E-state index in [0.29, 0.717) is 18.4 Å². The standard InChI is InChI=1S/C12H22N2O2/c1-9(15)10-4-6-14(8-10)7-5-12(16)13-11-2-3-11/h9-11,15H,2-8H2,1H3,(H,13,16). The Kier molecular flexibility index (Phi) is 3.82. The Morgan fingerprint density at radius 2 is 2.25 bits per heavy atom. The third kappa shape index (κ3) is 3.46. The second-order valence-corrected chi connectivity index (χ2v) is 5.18. The molecule has 1 aliphatic carbocycles. The quantitative estimate of drug-likeness (QED) is 0.711. The molecule has 0 aromatic heterocycles. The van der Waals surface area contributed by atoms with Crippen LogP contribution < -0.4 is 5.32 Å². The highest BCUT2D eigenvalue weighted by molar-refractivity contribution is 5.76. The molecule has 2 fully saturated rings. The van der Waals surface area contributed by atoms with Crippen LogP contribution in [0.25, 0.3) is 0 Å². The van der Waals surface area contributed by atoms with E-state index in [1.807, 2.05) is 6.92 Å². The van der Waals surface area contributed by atoms with Crippen molar-refractivity contribution in [1.82, 2.24) is 10.2 Å². The number of carbonyl (C=O) groups is 1. The lowest BCUT2D eigenvalue weighted by molar-refractivity contribution is -0.121. The molecular formula is C12H22N2O2. The average Bonchev–Trinajstić information content (AvgIpc) is 2.91. The molecule has 1 aliphatic heterocycles. The van der Waals surface area contributed by atoms with Crippen molar-refractivity contribution in [2.45, 2.75) is 44.8 Å². The highest BCUT2D eigenvalue weighted by atomic mass is 16.3. The summed E-state index contributed by atoms with van der Waals surface area (Å²) in [6.07, 6.45) is 3.75. The number of likely N-dealkylation sites (tertiary alicyclic amines) is 1. The van der Waals surface area contributed by atoms with E-state index in [1.54, 1.807) is 0 Å². The third-order valence-corrected chi connectivity index (χ3v) is 3.59. The first kappa shape index (κ1) is 11.9. The van der Waals surface area contributed by atoms with Gasteiger partial charge in [0.2, 0.25) is 5.91 Å². The number of hydrogen-bond donors (Lipinski definition) is 2. The van der Waals surface area contributed by atoms with Gasteiger partial charge in [0, 0.05) is 25.6 Å². The Labute approximate surface area is 97.0 Å². The van der Waals surface area contributed by atoms with Gasteiger partial charge in [-0.25, -0.2) is 0 Å². The number of hydrogen-bond acceptors (Lipinski definition) is 3. The summed E-state index contributed by atoms with van der Waals surface area (Å²) in [7, 11) is 0. The molecule has 1 saturated heterocycles. The van der Waals surface area contributed by atoms with E-state index in [1.165, 1.54) is 0 Å². The molecule has 1 heterocycles. The fraction of sp³-hybridized carbons (Fsp3) is 0.917. The topological polar surface area (TPSA) is 52.6 Å². The summed E-state index contributed by atoms with van der Waals surface area (Å²) >= 11 is 0. The number of nitrogens with zero attached hydrogens (tertiary/aromatic N) is 1. The molecule has 2 N–H and O–H groups in total. The van der Waals surface area contributed by atoms with Gasteiger partial charge in [-0.15, -0.1) is 0 Å². The Hall–Kier alpha value is -0.610. The Morgan fingerprint density at radius 1 is 1.50 bits per heavy atom. The summed E-state index contributed by atoms with van der Waals surface area (Å²) in [6, 6.07) is 0.469. The van der Waals surface area contributed by atoms with Crippen molar-refractivity contribution in [3.05, 3.63) is 0 Å². The summed E-state index contributed by atoms with van der Waals surface area (Å²) in [6.45, 7) is 4.65. The van der Waals surface area contributed by atoms with E-state index in [-0.39, 0.29) is 12.0 Å². The molecule has 16 heavy (non-hydrogen) atoms. The van der Waals surface area contributed by atoms with Crippen molar-refractivity contribution in [1.29, 1.82) is 0 Å². The summed E-state index contributed by atoms with van der Waals surface area (Å²) in [5.74, 6) is 0.578. The van der Waals surface area contributed by atoms with Crippen LogP contribution in [-0.4, -0.2) is 47.7 Å². The van der Waals surface area contributed by atoms with Crippen molar-refractivity contribution in [2.75, 3.05) is 19.6 Å². The van der Waals surface area contributed by atoms with Gasteiger partial charge in [-0.3, -0.25) is 4.79 Å². The molecule has 2 aliphatic rings. The zero-order valence-electron chi connectivity index (χ0n) is 9.98. The third-order valence-electron chi connectivity index (χ3n) is 3.59. The lowest BCUT2D eigenvalue weighted by atomic mass is 10.0. The Morgan fingerprint density at radius 3 is 2.81 bits per heavy atom. The van der Waals surface area contributed by atoms with Crippen LogP contribution in [0, 0.1) is 5.92 Å². The van der Waals surface area contributed by atoms with Crippen molar-refractivity contribution >= 4 is 5.91 Å². The van der Waals surface area contributed by atoms with Crippen molar-refractivity contribution in [3.8, 4) is 0 Å². The van der Waals surface area contributed by atoms with Crippen LogP contribution in [0.3, 0.4) is 0 Å². The fourth-order valence-electron chi connectivity index (χ4n) is 2.25. The van der Waals surface area contributed by atoms with Crippen molar-refractivity contribution < 1.29 is 9.90 Å².